The molecule has 0 saturated heterocycles. The van der Waals surface area contributed by atoms with E-state index in [9.17, 15) is 18.0 Å². The lowest BCUT2D eigenvalue weighted by molar-refractivity contribution is -0.123. The molecular weight excluding hydrogens is 532 g/mol. The molecule has 11 heteroatoms. The van der Waals surface area contributed by atoms with Crippen molar-refractivity contribution in [2.24, 2.45) is 5.10 Å². The van der Waals surface area contributed by atoms with Crippen LogP contribution in [0.4, 0.5) is 5.69 Å². The molecule has 0 fully saturated rings. The lowest BCUT2D eigenvalue weighted by Crippen LogP contribution is -2.39. The van der Waals surface area contributed by atoms with Crippen LogP contribution >= 0.6 is 0 Å². The van der Waals surface area contributed by atoms with Gasteiger partial charge in [-0.15, -0.1) is 0 Å². The number of rotatable bonds is 12. The number of sulfonamides is 1. The van der Waals surface area contributed by atoms with Gasteiger partial charge in [-0.05, 0) is 87.4 Å². The molecule has 0 aromatic heterocycles. The van der Waals surface area contributed by atoms with Crippen molar-refractivity contribution in [2.45, 2.75) is 38.6 Å². The fraction of sp³-hybridized carbons (Fsp3) is 0.276. The lowest BCUT2D eigenvalue weighted by atomic mass is 10.2. The third-order valence-corrected chi connectivity index (χ3v) is 7.38. The summed E-state index contributed by atoms with van der Waals surface area (Å²) in [7, 11) is -2.68. The maximum Gasteiger partial charge on any atom is 0.264 e. The van der Waals surface area contributed by atoms with Crippen LogP contribution in [0.2, 0.25) is 0 Å². The summed E-state index contributed by atoms with van der Waals surface area (Å²) >= 11 is 0. The van der Waals surface area contributed by atoms with Crippen molar-refractivity contribution in [1.29, 1.82) is 0 Å². The van der Waals surface area contributed by atoms with Crippen molar-refractivity contribution >= 4 is 33.7 Å². The van der Waals surface area contributed by atoms with Crippen molar-refractivity contribution in [3.63, 3.8) is 0 Å². The first-order valence-corrected chi connectivity index (χ1v) is 14.0. The first-order valence-electron chi connectivity index (χ1n) is 12.6. The average molecular weight is 567 g/mol. The van der Waals surface area contributed by atoms with Crippen LogP contribution in [0.3, 0.4) is 0 Å². The number of aryl methyl sites for hydroxylation is 2. The van der Waals surface area contributed by atoms with Gasteiger partial charge in [0.25, 0.3) is 21.8 Å². The van der Waals surface area contributed by atoms with Gasteiger partial charge >= 0.3 is 0 Å². The Bertz CT molecular complexity index is 1450. The van der Waals surface area contributed by atoms with Crippen LogP contribution in [0.5, 0.6) is 11.5 Å². The van der Waals surface area contributed by atoms with Gasteiger partial charge in [0.1, 0.15) is 18.0 Å². The summed E-state index contributed by atoms with van der Waals surface area (Å²) in [6, 6.07) is 18.3. The smallest absolute Gasteiger partial charge is 0.264 e. The zero-order valence-electron chi connectivity index (χ0n) is 23.2. The topological polar surface area (TPSA) is 126 Å². The quantitative estimate of drug-likeness (QED) is 0.255. The number of hydrogen-bond donors (Lipinski definition) is 2. The van der Waals surface area contributed by atoms with Crippen molar-refractivity contribution < 1.29 is 27.5 Å². The fourth-order valence-corrected chi connectivity index (χ4v) is 5.06. The maximum absolute atomic E-state index is 13.6. The van der Waals surface area contributed by atoms with Crippen LogP contribution in [0.1, 0.15) is 30.5 Å². The Morgan fingerprint density at radius 3 is 2.23 bits per heavy atom. The molecule has 0 aliphatic heterocycles. The molecular formula is C29H34N4O6S. The Hall–Kier alpha value is -4.38. The van der Waals surface area contributed by atoms with Gasteiger partial charge in [0.15, 0.2) is 6.61 Å². The molecule has 2 N–H and O–H groups in total. The molecule has 0 heterocycles. The molecule has 3 rings (SSSR count). The summed E-state index contributed by atoms with van der Waals surface area (Å²) in [5, 5.41) is 6.71. The van der Waals surface area contributed by atoms with E-state index >= 15 is 0 Å². The standard InChI is InChI=1S/C29H34N4O6S/c1-20(2)31-29(35)19-39-24-11-9-23(10-12-24)17-30-32-28(34)18-33(26-16-22(4)8-15-27(26)38-5)40(36,37)25-13-6-21(3)7-14-25/h6-17,20H,18-19H2,1-5H3,(H,31,35)(H,32,34)/b30-17-. The number of amides is 2. The number of hydrogen-bond acceptors (Lipinski definition) is 7. The summed E-state index contributed by atoms with van der Waals surface area (Å²) in [6.07, 6.45) is 1.42. The molecule has 0 spiro atoms. The highest BCUT2D eigenvalue weighted by Gasteiger charge is 2.29. The van der Waals surface area contributed by atoms with Crippen molar-refractivity contribution in [1.82, 2.24) is 10.7 Å². The second kappa shape index (κ2) is 13.6. The normalized spacial score (nSPS) is 11.3. The van der Waals surface area contributed by atoms with E-state index in [1.165, 1.54) is 25.5 Å². The maximum atomic E-state index is 13.6. The van der Waals surface area contributed by atoms with Gasteiger partial charge in [-0.3, -0.25) is 13.9 Å². The zero-order chi connectivity index (χ0) is 29.3. The number of anilines is 1. The highest BCUT2D eigenvalue weighted by Crippen LogP contribution is 2.33. The monoisotopic (exact) mass is 566 g/mol. The molecule has 3 aromatic carbocycles. The number of ether oxygens (including phenoxy) is 2. The fourth-order valence-electron chi connectivity index (χ4n) is 3.64. The molecule has 40 heavy (non-hydrogen) atoms. The van der Waals surface area contributed by atoms with E-state index < -0.39 is 22.5 Å². The first kappa shape index (κ1) is 30.2. The molecule has 0 unspecified atom stereocenters. The van der Waals surface area contributed by atoms with Gasteiger partial charge < -0.3 is 14.8 Å². The van der Waals surface area contributed by atoms with Crippen LogP contribution in [-0.4, -0.2) is 52.8 Å². The van der Waals surface area contributed by atoms with E-state index in [2.05, 4.69) is 15.8 Å². The molecule has 0 bridgehead atoms. The van der Waals surface area contributed by atoms with Gasteiger partial charge in [-0.2, -0.15) is 5.10 Å². The second-order valence-electron chi connectivity index (χ2n) is 9.37. The summed E-state index contributed by atoms with van der Waals surface area (Å²) in [4.78, 5) is 24.7. The summed E-state index contributed by atoms with van der Waals surface area (Å²) < 4.78 is 39.2. The molecule has 0 saturated carbocycles. The van der Waals surface area contributed by atoms with Crippen molar-refractivity contribution in [3.8, 4) is 11.5 Å². The molecule has 212 valence electrons. The summed E-state index contributed by atoms with van der Waals surface area (Å²) in [5.74, 6) is -0.0533. The Morgan fingerprint density at radius 2 is 1.60 bits per heavy atom. The van der Waals surface area contributed by atoms with Crippen LogP contribution < -0.4 is 24.5 Å². The van der Waals surface area contributed by atoms with Gasteiger partial charge in [0, 0.05) is 6.04 Å². The molecule has 0 radical (unpaired) electrons. The van der Waals surface area contributed by atoms with Crippen LogP contribution in [0.15, 0.2) is 76.7 Å². The third kappa shape index (κ3) is 8.31. The van der Waals surface area contributed by atoms with Crippen LogP contribution in [-0.2, 0) is 19.6 Å². The van der Waals surface area contributed by atoms with Crippen LogP contribution in [0.25, 0.3) is 0 Å². The van der Waals surface area contributed by atoms with E-state index in [0.29, 0.717) is 17.1 Å². The zero-order valence-corrected chi connectivity index (χ0v) is 24.0. The van der Waals surface area contributed by atoms with E-state index in [1.807, 2.05) is 27.7 Å². The average Bonchev–Trinajstić information content (AvgIpc) is 2.91. The van der Waals surface area contributed by atoms with Gasteiger partial charge in [0.2, 0.25) is 0 Å². The number of hydrazone groups is 1. The minimum Gasteiger partial charge on any atom is -0.495 e. The molecule has 0 aliphatic carbocycles. The van der Waals surface area contributed by atoms with E-state index in [-0.39, 0.29) is 29.1 Å². The third-order valence-electron chi connectivity index (χ3n) is 5.60. The Labute approximate surface area is 235 Å². The lowest BCUT2D eigenvalue weighted by Gasteiger charge is -2.25. The molecule has 10 nitrogen and oxygen atoms in total. The van der Waals surface area contributed by atoms with E-state index in [0.717, 1.165) is 15.4 Å². The number of benzene rings is 3. The molecule has 0 atom stereocenters. The molecule has 3 aromatic rings. The molecule has 0 aliphatic rings. The Kier molecular flexibility index (Phi) is 10.3. The minimum absolute atomic E-state index is 0.0264. The second-order valence-corrected chi connectivity index (χ2v) is 11.2. The van der Waals surface area contributed by atoms with E-state index in [1.54, 1.807) is 54.6 Å². The highest BCUT2D eigenvalue weighted by molar-refractivity contribution is 7.92. The Morgan fingerprint density at radius 1 is 0.950 bits per heavy atom. The predicted octanol–water partition coefficient (Wildman–Crippen LogP) is 3.56. The van der Waals surface area contributed by atoms with Crippen LogP contribution in [0, 0.1) is 13.8 Å². The first-order chi connectivity index (χ1) is 19.0. The predicted molar refractivity (Wildman–Crippen MR) is 154 cm³/mol. The van der Waals surface area contributed by atoms with Crippen molar-refractivity contribution in [3.05, 3.63) is 83.4 Å². The summed E-state index contributed by atoms with van der Waals surface area (Å²) in [5.41, 5.74) is 4.98. The number of carbonyl (C=O) groups is 2. The number of nitrogens with one attached hydrogen (secondary N) is 2. The largest absolute Gasteiger partial charge is 0.495 e. The number of nitrogens with zero attached hydrogens (tertiary/aromatic N) is 2. The number of carbonyl (C=O) groups excluding carboxylic acids is 2. The van der Waals surface area contributed by atoms with E-state index in [4.69, 9.17) is 9.47 Å². The highest BCUT2D eigenvalue weighted by atomic mass is 32.2. The van der Waals surface area contributed by atoms with Gasteiger partial charge in [0.05, 0.1) is 23.9 Å². The SMILES string of the molecule is COc1ccc(C)cc1N(CC(=O)N/N=C\c1ccc(OCC(=O)NC(C)C)cc1)S(=O)(=O)c1ccc(C)cc1. The van der Waals surface area contributed by atoms with Gasteiger partial charge in [-0.1, -0.05) is 23.8 Å². The number of methoxy groups -OCH3 is 1. The van der Waals surface area contributed by atoms with Crippen molar-refractivity contribution in [2.75, 3.05) is 24.6 Å². The molecule has 2 amide bonds. The summed E-state index contributed by atoms with van der Waals surface area (Å²) in [6.45, 7) is 6.78. The van der Waals surface area contributed by atoms with Gasteiger partial charge in [-0.25, -0.2) is 13.8 Å². The Balaban J connectivity index is 1.73. The minimum atomic E-state index is -4.12.